The molecule has 0 aliphatic carbocycles. The Bertz CT molecular complexity index is 446. The molecule has 2 atom stereocenters. The molecule has 0 amide bonds. The Balaban J connectivity index is 2.38. The quantitative estimate of drug-likeness (QED) is 0.875. The topological polar surface area (TPSA) is 29.5 Å². The molecule has 0 radical (unpaired) electrons. The Morgan fingerprint density at radius 3 is 2.83 bits per heavy atom. The SMILES string of the molecule is CCC1(C)CC(O)(c2cc(F)ccc2C)CCO1. The van der Waals surface area contributed by atoms with Crippen LogP contribution in [-0.2, 0) is 10.3 Å². The van der Waals surface area contributed by atoms with Crippen molar-refractivity contribution in [3.63, 3.8) is 0 Å². The fraction of sp³-hybridized carbons (Fsp3) is 0.600. The first-order chi connectivity index (χ1) is 8.38. The van der Waals surface area contributed by atoms with Crippen molar-refractivity contribution >= 4 is 0 Å². The van der Waals surface area contributed by atoms with Crippen LogP contribution in [0.25, 0.3) is 0 Å². The van der Waals surface area contributed by atoms with E-state index in [1.54, 1.807) is 6.07 Å². The van der Waals surface area contributed by atoms with Crippen LogP contribution in [0.15, 0.2) is 18.2 Å². The highest BCUT2D eigenvalue weighted by molar-refractivity contribution is 5.32. The average Bonchev–Trinajstić information content (AvgIpc) is 2.32. The van der Waals surface area contributed by atoms with E-state index in [-0.39, 0.29) is 11.4 Å². The van der Waals surface area contributed by atoms with Crippen LogP contribution >= 0.6 is 0 Å². The molecule has 100 valence electrons. The Morgan fingerprint density at radius 1 is 1.44 bits per heavy atom. The number of aliphatic hydroxyl groups is 1. The molecule has 0 aromatic heterocycles. The van der Waals surface area contributed by atoms with Gasteiger partial charge in [0.1, 0.15) is 5.82 Å². The lowest BCUT2D eigenvalue weighted by Crippen LogP contribution is -2.45. The minimum Gasteiger partial charge on any atom is -0.385 e. The van der Waals surface area contributed by atoms with E-state index in [0.29, 0.717) is 25.0 Å². The maximum Gasteiger partial charge on any atom is 0.123 e. The fourth-order valence-electron chi connectivity index (χ4n) is 2.78. The molecule has 0 bridgehead atoms. The van der Waals surface area contributed by atoms with E-state index in [9.17, 15) is 9.50 Å². The number of hydrogen-bond donors (Lipinski definition) is 1. The fourth-order valence-corrected chi connectivity index (χ4v) is 2.78. The van der Waals surface area contributed by atoms with E-state index < -0.39 is 5.60 Å². The van der Waals surface area contributed by atoms with E-state index in [1.807, 2.05) is 20.8 Å². The Morgan fingerprint density at radius 2 is 2.17 bits per heavy atom. The molecule has 18 heavy (non-hydrogen) atoms. The summed E-state index contributed by atoms with van der Waals surface area (Å²) < 4.78 is 19.2. The molecular formula is C15H21FO2. The lowest BCUT2D eigenvalue weighted by atomic mass is 9.76. The van der Waals surface area contributed by atoms with Gasteiger partial charge in [0, 0.05) is 12.8 Å². The van der Waals surface area contributed by atoms with E-state index in [1.165, 1.54) is 12.1 Å². The molecule has 1 N–H and O–H groups in total. The molecular weight excluding hydrogens is 231 g/mol. The zero-order valence-corrected chi connectivity index (χ0v) is 11.3. The van der Waals surface area contributed by atoms with Crippen LogP contribution in [0.4, 0.5) is 4.39 Å². The van der Waals surface area contributed by atoms with Crippen molar-refractivity contribution in [3.05, 3.63) is 35.1 Å². The molecule has 0 saturated carbocycles. The summed E-state index contributed by atoms with van der Waals surface area (Å²) >= 11 is 0. The number of hydrogen-bond acceptors (Lipinski definition) is 2. The van der Waals surface area contributed by atoms with Gasteiger partial charge >= 0.3 is 0 Å². The van der Waals surface area contributed by atoms with Gasteiger partial charge in [-0.2, -0.15) is 0 Å². The molecule has 2 unspecified atom stereocenters. The summed E-state index contributed by atoms with van der Waals surface area (Å²) in [5.41, 5.74) is 0.325. The number of benzene rings is 1. The van der Waals surface area contributed by atoms with Crippen molar-refractivity contribution in [1.82, 2.24) is 0 Å². The van der Waals surface area contributed by atoms with E-state index in [0.717, 1.165) is 12.0 Å². The molecule has 1 aromatic rings. The molecule has 3 heteroatoms. The zero-order valence-electron chi connectivity index (χ0n) is 11.3. The number of aryl methyl sites for hydroxylation is 1. The van der Waals surface area contributed by atoms with Crippen LogP contribution in [0.2, 0.25) is 0 Å². The molecule has 1 aromatic carbocycles. The third kappa shape index (κ3) is 2.43. The molecule has 2 nitrogen and oxygen atoms in total. The van der Waals surface area contributed by atoms with Crippen molar-refractivity contribution in [3.8, 4) is 0 Å². The second-order valence-electron chi connectivity index (χ2n) is 5.57. The van der Waals surface area contributed by atoms with Crippen LogP contribution in [0, 0.1) is 12.7 Å². The van der Waals surface area contributed by atoms with Crippen LogP contribution in [0.3, 0.4) is 0 Å². The number of ether oxygens (including phenoxy) is 1. The Hall–Kier alpha value is -0.930. The minimum absolute atomic E-state index is 0.297. The zero-order chi connectivity index (χ0) is 13.4. The Labute approximate surface area is 108 Å². The smallest absolute Gasteiger partial charge is 0.123 e. The van der Waals surface area contributed by atoms with Crippen molar-refractivity contribution in [1.29, 1.82) is 0 Å². The normalized spacial score (nSPS) is 32.5. The van der Waals surface area contributed by atoms with Crippen LogP contribution in [0.5, 0.6) is 0 Å². The summed E-state index contributed by atoms with van der Waals surface area (Å²) in [4.78, 5) is 0. The third-order valence-corrected chi connectivity index (χ3v) is 4.08. The highest BCUT2D eigenvalue weighted by Crippen LogP contribution is 2.42. The van der Waals surface area contributed by atoms with Gasteiger partial charge in [0.05, 0.1) is 17.8 Å². The summed E-state index contributed by atoms with van der Waals surface area (Å²) in [5, 5.41) is 10.9. The molecule has 2 rings (SSSR count). The molecule has 1 aliphatic rings. The maximum absolute atomic E-state index is 13.4. The van der Waals surface area contributed by atoms with Crippen LogP contribution in [0.1, 0.15) is 44.2 Å². The van der Waals surface area contributed by atoms with Gasteiger partial charge in [0.25, 0.3) is 0 Å². The summed E-state index contributed by atoms with van der Waals surface area (Å²) in [6, 6.07) is 4.61. The van der Waals surface area contributed by atoms with E-state index in [2.05, 4.69) is 0 Å². The van der Waals surface area contributed by atoms with Crippen molar-refractivity contribution in [2.45, 2.75) is 51.2 Å². The van der Waals surface area contributed by atoms with Gasteiger partial charge in [-0.15, -0.1) is 0 Å². The number of halogens is 1. The molecule has 1 saturated heterocycles. The largest absolute Gasteiger partial charge is 0.385 e. The molecule has 1 aliphatic heterocycles. The third-order valence-electron chi connectivity index (χ3n) is 4.08. The van der Waals surface area contributed by atoms with E-state index in [4.69, 9.17) is 4.74 Å². The second-order valence-corrected chi connectivity index (χ2v) is 5.57. The Kier molecular flexibility index (Phi) is 3.47. The average molecular weight is 252 g/mol. The first kappa shape index (κ1) is 13.5. The molecule has 1 fully saturated rings. The summed E-state index contributed by atoms with van der Waals surface area (Å²) in [6.07, 6.45) is 1.87. The predicted octanol–water partition coefficient (Wildman–Crippen LogP) is 3.30. The first-order valence-electron chi connectivity index (χ1n) is 6.51. The standard InChI is InChI=1S/C15H21FO2/c1-4-14(3)10-15(17,7-8-18-14)13-9-12(16)6-5-11(13)2/h5-6,9,17H,4,7-8,10H2,1-3H3. The summed E-state index contributed by atoms with van der Waals surface area (Å²) in [5.74, 6) is -0.297. The molecule has 1 heterocycles. The van der Waals surface area contributed by atoms with Gasteiger partial charge in [-0.25, -0.2) is 4.39 Å². The van der Waals surface area contributed by atoms with Crippen LogP contribution in [-0.4, -0.2) is 17.3 Å². The van der Waals surface area contributed by atoms with Gasteiger partial charge in [-0.3, -0.25) is 0 Å². The van der Waals surface area contributed by atoms with Gasteiger partial charge in [-0.05, 0) is 43.5 Å². The first-order valence-corrected chi connectivity index (χ1v) is 6.51. The second kappa shape index (κ2) is 4.63. The van der Waals surface area contributed by atoms with Crippen molar-refractivity contribution < 1.29 is 14.2 Å². The monoisotopic (exact) mass is 252 g/mol. The maximum atomic E-state index is 13.4. The van der Waals surface area contributed by atoms with Crippen LogP contribution < -0.4 is 0 Å². The van der Waals surface area contributed by atoms with E-state index >= 15 is 0 Å². The highest BCUT2D eigenvalue weighted by Gasteiger charge is 2.42. The van der Waals surface area contributed by atoms with Gasteiger partial charge in [0.15, 0.2) is 0 Å². The lowest BCUT2D eigenvalue weighted by molar-refractivity contribution is -0.157. The number of rotatable bonds is 2. The molecule has 0 spiro atoms. The van der Waals surface area contributed by atoms with Gasteiger partial charge in [-0.1, -0.05) is 13.0 Å². The minimum atomic E-state index is -0.977. The van der Waals surface area contributed by atoms with Crippen molar-refractivity contribution in [2.75, 3.05) is 6.61 Å². The highest BCUT2D eigenvalue weighted by atomic mass is 19.1. The van der Waals surface area contributed by atoms with Gasteiger partial charge < -0.3 is 9.84 Å². The predicted molar refractivity (Wildman–Crippen MR) is 68.9 cm³/mol. The summed E-state index contributed by atoms with van der Waals surface area (Å²) in [6.45, 7) is 6.47. The lowest BCUT2D eigenvalue weighted by Gasteiger charge is -2.43. The van der Waals surface area contributed by atoms with Gasteiger partial charge in [0.2, 0.25) is 0 Å². The van der Waals surface area contributed by atoms with Crippen molar-refractivity contribution in [2.24, 2.45) is 0 Å². The summed E-state index contributed by atoms with van der Waals surface area (Å²) in [7, 11) is 0.